The van der Waals surface area contributed by atoms with Crippen LogP contribution in [0, 0.1) is 10.1 Å². The van der Waals surface area contributed by atoms with Gasteiger partial charge in [-0.25, -0.2) is 4.99 Å². The number of nitrogens with zero attached hydrogens (tertiary/aromatic N) is 3. The van der Waals surface area contributed by atoms with Gasteiger partial charge in [0.2, 0.25) is 0 Å². The molecule has 1 fully saturated rings. The van der Waals surface area contributed by atoms with Crippen LogP contribution in [0.3, 0.4) is 0 Å². The van der Waals surface area contributed by atoms with E-state index in [4.69, 9.17) is 0 Å². The van der Waals surface area contributed by atoms with Gasteiger partial charge in [0, 0.05) is 25.2 Å². The smallest absolute Gasteiger partial charge is 0.269 e. The first-order valence-corrected chi connectivity index (χ1v) is 9.67. The molecule has 0 amide bonds. The molecule has 0 unspecified atom stereocenters. The highest BCUT2D eigenvalue weighted by molar-refractivity contribution is 5.79. The number of likely N-dealkylation sites (tertiary alicyclic amines) is 1. The number of benzene rings is 1. The first-order chi connectivity index (χ1) is 12.7. The third kappa shape index (κ3) is 7.39. The zero-order valence-electron chi connectivity index (χ0n) is 15.7. The highest BCUT2D eigenvalue weighted by Crippen LogP contribution is 2.13. The number of aliphatic imine (C=N–C) groups is 1. The summed E-state index contributed by atoms with van der Waals surface area (Å²) < 4.78 is 0. The van der Waals surface area contributed by atoms with Crippen LogP contribution in [0.2, 0.25) is 0 Å². The average molecular weight is 361 g/mol. The zero-order valence-corrected chi connectivity index (χ0v) is 15.7. The predicted octanol–water partition coefficient (Wildman–Crippen LogP) is 2.92. The number of non-ortho nitro benzene ring substituents is 1. The molecule has 1 saturated heterocycles. The van der Waals surface area contributed by atoms with E-state index in [-0.39, 0.29) is 10.6 Å². The average Bonchev–Trinajstić information content (AvgIpc) is 2.92. The Morgan fingerprint density at radius 1 is 1.23 bits per heavy atom. The molecule has 0 aromatic heterocycles. The van der Waals surface area contributed by atoms with Crippen LogP contribution in [-0.2, 0) is 6.54 Å². The maximum Gasteiger partial charge on any atom is 0.269 e. The van der Waals surface area contributed by atoms with Gasteiger partial charge in [-0.3, -0.25) is 10.1 Å². The lowest BCUT2D eigenvalue weighted by Crippen LogP contribution is -2.39. The van der Waals surface area contributed by atoms with Crippen LogP contribution >= 0.6 is 0 Å². The molecule has 0 radical (unpaired) electrons. The molecule has 26 heavy (non-hydrogen) atoms. The van der Waals surface area contributed by atoms with E-state index in [1.165, 1.54) is 44.8 Å². The van der Waals surface area contributed by atoms with Gasteiger partial charge in [0.15, 0.2) is 5.96 Å². The highest BCUT2D eigenvalue weighted by atomic mass is 16.6. The standard InChI is InChI=1S/C19H31N5O2/c1-2-20-19(21-11-8-14-23-12-5-3-4-6-13-23)22-16-17-9-7-10-18(15-17)24(25)26/h7,9-10,15H,2-6,8,11-14,16H2,1H3,(H2,20,21,22). The third-order valence-electron chi connectivity index (χ3n) is 4.53. The number of guanidine groups is 1. The molecule has 0 saturated carbocycles. The third-order valence-corrected chi connectivity index (χ3v) is 4.53. The number of rotatable bonds is 8. The second-order valence-corrected chi connectivity index (χ2v) is 6.66. The van der Waals surface area contributed by atoms with Crippen LogP contribution in [0.25, 0.3) is 0 Å². The van der Waals surface area contributed by atoms with Gasteiger partial charge in [-0.05, 0) is 51.4 Å². The summed E-state index contributed by atoms with van der Waals surface area (Å²) in [6, 6.07) is 6.63. The Bertz CT molecular complexity index is 583. The highest BCUT2D eigenvalue weighted by Gasteiger charge is 2.08. The lowest BCUT2D eigenvalue weighted by atomic mass is 10.2. The molecule has 1 aliphatic heterocycles. The van der Waals surface area contributed by atoms with Gasteiger partial charge in [0.1, 0.15) is 0 Å². The maximum absolute atomic E-state index is 10.9. The van der Waals surface area contributed by atoms with Crippen molar-refractivity contribution >= 4 is 11.6 Å². The Labute approximate surface area is 156 Å². The van der Waals surface area contributed by atoms with Gasteiger partial charge in [0.25, 0.3) is 5.69 Å². The van der Waals surface area contributed by atoms with Crippen molar-refractivity contribution in [1.29, 1.82) is 0 Å². The molecular weight excluding hydrogens is 330 g/mol. The van der Waals surface area contributed by atoms with Crippen molar-refractivity contribution in [3.63, 3.8) is 0 Å². The van der Waals surface area contributed by atoms with E-state index < -0.39 is 0 Å². The molecule has 1 aromatic rings. The van der Waals surface area contributed by atoms with Gasteiger partial charge >= 0.3 is 0 Å². The van der Waals surface area contributed by atoms with Gasteiger partial charge in [-0.1, -0.05) is 25.0 Å². The van der Waals surface area contributed by atoms with Gasteiger partial charge in [-0.2, -0.15) is 0 Å². The van der Waals surface area contributed by atoms with E-state index in [0.29, 0.717) is 6.54 Å². The maximum atomic E-state index is 10.9. The minimum absolute atomic E-state index is 0.105. The number of nitro benzene ring substituents is 1. The summed E-state index contributed by atoms with van der Waals surface area (Å²) in [6.07, 6.45) is 6.45. The van der Waals surface area contributed by atoms with E-state index in [1.807, 2.05) is 13.0 Å². The second kappa shape index (κ2) is 11.5. The van der Waals surface area contributed by atoms with Crippen molar-refractivity contribution in [3.05, 3.63) is 39.9 Å². The fourth-order valence-corrected chi connectivity index (χ4v) is 3.15. The van der Waals surface area contributed by atoms with Crippen molar-refractivity contribution in [2.45, 2.75) is 45.6 Å². The molecular formula is C19H31N5O2. The van der Waals surface area contributed by atoms with Crippen molar-refractivity contribution in [2.75, 3.05) is 32.7 Å². The van der Waals surface area contributed by atoms with Crippen LogP contribution in [0.15, 0.2) is 29.3 Å². The van der Waals surface area contributed by atoms with E-state index in [0.717, 1.165) is 37.6 Å². The molecule has 144 valence electrons. The van der Waals surface area contributed by atoms with Gasteiger partial charge in [0.05, 0.1) is 11.5 Å². The number of hydrogen-bond acceptors (Lipinski definition) is 4. The van der Waals surface area contributed by atoms with Crippen LogP contribution in [-0.4, -0.2) is 48.5 Å². The summed E-state index contributed by atoms with van der Waals surface area (Å²) >= 11 is 0. The summed E-state index contributed by atoms with van der Waals surface area (Å²) in [5.74, 6) is 0.759. The van der Waals surface area contributed by atoms with Crippen molar-refractivity contribution in [2.24, 2.45) is 4.99 Å². The molecule has 2 N–H and O–H groups in total. The van der Waals surface area contributed by atoms with E-state index >= 15 is 0 Å². The number of nitro groups is 1. The van der Waals surface area contributed by atoms with Crippen LogP contribution in [0.5, 0.6) is 0 Å². The molecule has 1 aliphatic rings. The molecule has 7 heteroatoms. The quantitative estimate of drug-likeness (QED) is 0.245. The largest absolute Gasteiger partial charge is 0.357 e. The Morgan fingerprint density at radius 2 is 2.00 bits per heavy atom. The Hall–Kier alpha value is -2.15. The lowest BCUT2D eigenvalue weighted by molar-refractivity contribution is -0.384. The van der Waals surface area contributed by atoms with E-state index in [1.54, 1.807) is 12.1 Å². The molecule has 7 nitrogen and oxygen atoms in total. The van der Waals surface area contributed by atoms with Crippen molar-refractivity contribution in [3.8, 4) is 0 Å². The van der Waals surface area contributed by atoms with Crippen molar-refractivity contribution < 1.29 is 4.92 Å². The van der Waals surface area contributed by atoms with Crippen LogP contribution in [0.4, 0.5) is 5.69 Å². The minimum Gasteiger partial charge on any atom is -0.357 e. The Kier molecular flexibility index (Phi) is 8.89. The fourth-order valence-electron chi connectivity index (χ4n) is 3.15. The predicted molar refractivity (Wildman–Crippen MR) is 105 cm³/mol. The Morgan fingerprint density at radius 3 is 2.69 bits per heavy atom. The fraction of sp³-hybridized carbons (Fsp3) is 0.632. The first kappa shape index (κ1) is 20.2. The van der Waals surface area contributed by atoms with Gasteiger partial charge < -0.3 is 15.5 Å². The van der Waals surface area contributed by atoms with Crippen LogP contribution < -0.4 is 10.6 Å². The Balaban J connectivity index is 1.78. The van der Waals surface area contributed by atoms with E-state index in [9.17, 15) is 10.1 Å². The van der Waals surface area contributed by atoms with E-state index in [2.05, 4.69) is 20.5 Å². The normalized spacial score (nSPS) is 16.1. The summed E-state index contributed by atoms with van der Waals surface area (Å²) in [6.45, 7) is 7.67. The SMILES string of the molecule is CCNC(=NCc1cccc([N+](=O)[O-])c1)NCCCN1CCCCCC1. The van der Waals surface area contributed by atoms with Crippen LogP contribution in [0.1, 0.15) is 44.6 Å². The minimum atomic E-state index is -0.375. The zero-order chi connectivity index (χ0) is 18.6. The lowest BCUT2D eigenvalue weighted by Gasteiger charge is -2.20. The molecule has 0 atom stereocenters. The molecule has 0 bridgehead atoms. The number of hydrogen-bond donors (Lipinski definition) is 2. The van der Waals surface area contributed by atoms with Crippen molar-refractivity contribution in [1.82, 2.24) is 15.5 Å². The first-order valence-electron chi connectivity index (χ1n) is 9.67. The topological polar surface area (TPSA) is 82.8 Å². The summed E-state index contributed by atoms with van der Waals surface area (Å²) in [7, 11) is 0. The monoisotopic (exact) mass is 361 g/mol. The molecule has 1 heterocycles. The summed E-state index contributed by atoms with van der Waals surface area (Å²) in [4.78, 5) is 17.6. The molecule has 1 aromatic carbocycles. The molecule has 0 aliphatic carbocycles. The second-order valence-electron chi connectivity index (χ2n) is 6.66. The molecule has 2 rings (SSSR count). The summed E-state index contributed by atoms with van der Waals surface area (Å²) in [5.41, 5.74) is 0.939. The summed E-state index contributed by atoms with van der Waals surface area (Å²) in [5, 5.41) is 17.5. The molecule has 0 spiro atoms. The van der Waals surface area contributed by atoms with Gasteiger partial charge in [-0.15, -0.1) is 0 Å². The number of nitrogens with one attached hydrogen (secondary N) is 2.